The van der Waals surface area contributed by atoms with Crippen molar-refractivity contribution < 1.29 is 0 Å². The van der Waals surface area contributed by atoms with Crippen LogP contribution < -0.4 is 5.32 Å². The second-order valence-corrected chi connectivity index (χ2v) is 7.11. The van der Waals surface area contributed by atoms with Gasteiger partial charge in [-0.3, -0.25) is 0 Å². The standard InChI is InChI=1S/C15H18BrNS/c1-11-3-4-12(2)13(9-11)10-17-8-7-14-5-6-15(16)18-14/h3-6,9,17H,7-8,10H2,1-2H3. The normalized spacial score (nSPS) is 10.8. The maximum absolute atomic E-state index is 3.52. The van der Waals surface area contributed by atoms with Crippen LogP contribution in [-0.4, -0.2) is 6.54 Å². The zero-order chi connectivity index (χ0) is 13.0. The molecular formula is C15H18BrNS. The Hall–Kier alpha value is -0.640. The Morgan fingerprint density at radius 2 is 2.00 bits per heavy atom. The summed E-state index contributed by atoms with van der Waals surface area (Å²) < 4.78 is 1.21. The monoisotopic (exact) mass is 323 g/mol. The highest BCUT2D eigenvalue weighted by Gasteiger charge is 2.00. The maximum Gasteiger partial charge on any atom is 0.0701 e. The van der Waals surface area contributed by atoms with Crippen LogP contribution >= 0.6 is 27.3 Å². The molecule has 1 nitrogen and oxygen atoms in total. The summed E-state index contributed by atoms with van der Waals surface area (Å²) in [6.45, 7) is 6.30. The molecule has 2 rings (SSSR count). The highest BCUT2D eigenvalue weighted by atomic mass is 79.9. The number of hydrogen-bond donors (Lipinski definition) is 1. The quantitative estimate of drug-likeness (QED) is 0.801. The van der Waals surface area contributed by atoms with Crippen LogP contribution in [0.1, 0.15) is 21.6 Å². The third-order valence-electron chi connectivity index (χ3n) is 3.00. The van der Waals surface area contributed by atoms with Crippen LogP contribution in [0.5, 0.6) is 0 Å². The third-order valence-corrected chi connectivity index (χ3v) is 4.68. The minimum atomic E-state index is 0.958. The molecule has 0 spiro atoms. The van der Waals surface area contributed by atoms with Crippen LogP contribution in [0.25, 0.3) is 0 Å². The van der Waals surface area contributed by atoms with Crippen molar-refractivity contribution in [3.63, 3.8) is 0 Å². The zero-order valence-electron chi connectivity index (χ0n) is 10.8. The summed E-state index contributed by atoms with van der Waals surface area (Å²) in [5, 5.41) is 3.52. The first-order valence-electron chi connectivity index (χ1n) is 6.16. The van der Waals surface area contributed by atoms with Crippen LogP contribution in [0.4, 0.5) is 0 Å². The molecule has 1 aromatic heterocycles. The molecule has 0 aliphatic heterocycles. The first-order chi connectivity index (χ1) is 8.65. The third kappa shape index (κ3) is 3.94. The lowest BCUT2D eigenvalue weighted by Crippen LogP contribution is -2.17. The number of thiophene rings is 1. The van der Waals surface area contributed by atoms with Crippen LogP contribution in [0.3, 0.4) is 0 Å². The first-order valence-corrected chi connectivity index (χ1v) is 7.77. The van der Waals surface area contributed by atoms with Crippen molar-refractivity contribution in [2.24, 2.45) is 0 Å². The fourth-order valence-electron chi connectivity index (χ4n) is 1.91. The summed E-state index contributed by atoms with van der Waals surface area (Å²) in [5.41, 5.74) is 4.11. The van der Waals surface area contributed by atoms with Crippen molar-refractivity contribution in [3.05, 3.63) is 55.7 Å². The van der Waals surface area contributed by atoms with Gasteiger partial charge in [-0.05, 0) is 59.5 Å². The van der Waals surface area contributed by atoms with Gasteiger partial charge in [0.05, 0.1) is 3.79 Å². The molecule has 3 heteroatoms. The van der Waals surface area contributed by atoms with E-state index in [2.05, 4.69) is 65.4 Å². The zero-order valence-corrected chi connectivity index (χ0v) is 13.2. The molecule has 0 saturated heterocycles. The molecule has 0 fully saturated rings. The average Bonchev–Trinajstić information content (AvgIpc) is 2.75. The summed E-state index contributed by atoms with van der Waals surface area (Å²) in [6.07, 6.45) is 1.10. The Kier molecular flexibility index (Phi) is 4.98. The lowest BCUT2D eigenvalue weighted by Gasteiger charge is -2.08. The van der Waals surface area contributed by atoms with E-state index in [0.717, 1.165) is 19.5 Å². The van der Waals surface area contributed by atoms with Crippen molar-refractivity contribution >= 4 is 27.3 Å². The Labute approximate surface area is 121 Å². The van der Waals surface area contributed by atoms with Crippen LogP contribution in [0.15, 0.2) is 34.1 Å². The van der Waals surface area contributed by atoms with E-state index in [0.29, 0.717) is 0 Å². The van der Waals surface area contributed by atoms with Gasteiger partial charge in [-0.25, -0.2) is 0 Å². The summed E-state index contributed by atoms with van der Waals surface area (Å²) in [5.74, 6) is 0. The maximum atomic E-state index is 3.52. The highest BCUT2D eigenvalue weighted by Crippen LogP contribution is 2.22. The topological polar surface area (TPSA) is 12.0 Å². The van der Waals surface area contributed by atoms with E-state index in [-0.39, 0.29) is 0 Å². The second-order valence-electron chi connectivity index (χ2n) is 4.56. The number of nitrogens with one attached hydrogen (secondary N) is 1. The predicted octanol–water partition coefficient (Wildman–Crippen LogP) is 4.46. The number of hydrogen-bond acceptors (Lipinski definition) is 2. The van der Waals surface area contributed by atoms with Crippen molar-refractivity contribution in [2.45, 2.75) is 26.8 Å². The van der Waals surface area contributed by atoms with E-state index in [1.54, 1.807) is 0 Å². The van der Waals surface area contributed by atoms with Gasteiger partial charge in [0.2, 0.25) is 0 Å². The van der Waals surface area contributed by atoms with Gasteiger partial charge >= 0.3 is 0 Å². The molecule has 0 saturated carbocycles. The largest absolute Gasteiger partial charge is 0.312 e. The average molecular weight is 324 g/mol. The Bertz CT molecular complexity index is 519. The molecule has 1 aromatic carbocycles. The molecule has 18 heavy (non-hydrogen) atoms. The molecule has 0 aliphatic rings. The van der Waals surface area contributed by atoms with Gasteiger partial charge in [0, 0.05) is 18.0 Å². The summed E-state index contributed by atoms with van der Waals surface area (Å²) >= 11 is 5.31. The fraction of sp³-hybridized carbons (Fsp3) is 0.333. The van der Waals surface area contributed by atoms with Crippen molar-refractivity contribution in [2.75, 3.05) is 6.54 Å². The molecule has 1 N–H and O–H groups in total. The van der Waals surface area contributed by atoms with Crippen LogP contribution in [0.2, 0.25) is 0 Å². The van der Waals surface area contributed by atoms with Gasteiger partial charge in [-0.1, -0.05) is 23.8 Å². The van der Waals surface area contributed by atoms with Gasteiger partial charge in [0.1, 0.15) is 0 Å². The van der Waals surface area contributed by atoms with E-state index in [9.17, 15) is 0 Å². The van der Waals surface area contributed by atoms with Crippen molar-refractivity contribution in [1.82, 2.24) is 5.32 Å². The Balaban J connectivity index is 1.80. The minimum Gasteiger partial charge on any atom is -0.312 e. The molecule has 1 heterocycles. The minimum absolute atomic E-state index is 0.958. The molecule has 0 bridgehead atoms. The predicted molar refractivity (Wildman–Crippen MR) is 83.3 cm³/mol. The highest BCUT2D eigenvalue weighted by molar-refractivity contribution is 9.11. The molecule has 0 radical (unpaired) electrons. The van der Waals surface area contributed by atoms with Gasteiger partial charge in [0.15, 0.2) is 0 Å². The Morgan fingerprint density at radius 3 is 2.72 bits per heavy atom. The van der Waals surface area contributed by atoms with Gasteiger partial charge in [-0.15, -0.1) is 11.3 Å². The summed E-state index contributed by atoms with van der Waals surface area (Å²) in [4.78, 5) is 1.43. The molecule has 0 aliphatic carbocycles. The molecule has 0 amide bonds. The van der Waals surface area contributed by atoms with Crippen LogP contribution in [-0.2, 0) is 13.0 Å². The SMILES string of the molecule is Cc1ccc(C)c(CNCCc2ccc(Br)s2)c1. The second kappa shape index (κ2) is 6.50. The van der Waals surface area contributed by atoms with Crippen molar-refractivity contribution in [1.29, 1.82) is 0 Å². The lowest BCUT2D eigenvalue weighted by molar-refractivity contribution is 0.688. The molecule has 0 atom stereocenters. The van der Waals surface area contributed by atoms with Gasteiger partial charge in [-0.2, -0.15) is 0 Å². The molecular weight excluding hydrogens is 306 g/mol. The molecule has 2 aromatic rings. The summed E-state index contributed by atoms with van der Waals surface area (Å²) in [6, 6.07) is 10.9. The lowest BCUT2D eigenvalue weighted by atomic mass is 10.1. The van der Waals surface area contributed by atoms with Crippen molar-refractivity contribution in [3.8, 4) is 0 Å². The molecule has 96 valence electrons. The number of aryl methyl sites for hydroxylation is 2. The van der Waals surface area contributed by atoms with Gasteiger partial charge in [0.25, 0.3) is 0 Å². The van der Waals surface area contributed by atoms with E-state index < -0.39 is 0 Å². The summed E-state index contributed by atoms with van der Waals surface area (Å²) in [7, 11) is 0. The van der Waals surface area contributed by atoms with E-state index in [1.165, 1.54) is 25.4 Å². The number of benzene rings is 1. The fourth-order valence-corrected chi connectivity index (χ4v) is 3.39. The van der Waals surface area contributed by atoms with E-state index in [4.69, 9.17) is 0 Å². The number of rotatable bonds is 5. The van der Waals surface area contributed by atoms with E-state index in [1.807, 2.05) is 11.3 Å². The Morgan fingerprint density at radius 1 is 1.17 bits per heavy atom. The van der Waals surface area contributed by atoms with E-state index >= 15 is 0 Å². The smallest absolute Gasteiger partial charge is 0.0701 e. The molecule has 0 unspecified atom stereocenters. The van der Waals surface area contributed by atoms with Crippen LogP contribution in [0, 0.1) is 13.8 Å². The first kappa shape index (κ1) is 13.8. The number of halogens is 1. The van der Waals surface area contributed by atoms with Gasteiger partial charge < -0.3 is 5.32 Å².